The van der Waals surface area contributed by atoms with Gasteiger partial charge in [0, 0.05) is 37.4 Å². The number of aromatic nitrogens is 3. The minimum atomic E-state index is -0.120. The topological polar surface area (TPSA) is 76.9 Å². The van der Waals surface area contributed by atoms with Gasteiger partial charge in [0.15, 0.2) is 5.78 Å². The molecule has 0 aliphatic heterocycles. The van der Waals surface area contributed by atoms with Crippen LogP contribution in [-0.2, 0) is 11.2 Å². The third-order valence-electron chi connectivity index (χ3n) is 3.55. The summed E-state index contributed by atoms with van der Waals surface area (Å²) in [6, 6.07) is 9.31. The first-order valence-electron chi connectivity index (χ1n) is 7.81. The van der Waals surface area contributed by atoms with E-state index in [4.69, 9.17) is 0 Å². The maximum atomic E-state index is 11.9. The third-order valence-corrected chi connectivity index (χ3v) is 3.55. The maximum Gasteiger partial charge on any atom is 0.220 e. The zero-order valence-corrected chi connectivity index (χ0v) is 13.5. The third kappa shape index (κ3) is 5.02. The fraction of sp³-hybridized carbons (Fsp3) is 0.412. The van der Waals surface area contributed by atoms with Crippen LogP contribution in [0.1, 0.15) is 48.9 Å². The standard InChI is InChI=1S/C17H22N4O2/c1-13(2)21-12-19-20-16(21)10-11-18-17(23)9-8-15(22)14-6-4-3-5-7-14/h3-7,12-13H,8-11H2,1-2H3,(H,18,23). The molecule has 1 aromatic carbocycles. The molecule has 1 amide bonds. The Labute approximate surface area is 135 Å². The number of nitrogens with zero attached hydrogens (tertiary/aromatic N) is 3. The van der Waals surface area contributed by atoms with Gasteiger partial charge in [0.25, 0.3) is 0 Å². The molecule has 1 heterocycles. The predicted molar refractivity (Wildman–Crippen MR) is 87.1 cm³/mol. The highest BCUT2D eigenvalue weighted by atomic mass is 16.2. The SMILES string of the molecule is CC(C)n1cnnc1CCNC(=O)CCC(=O)c1ccccc1. The second-order valence-electron chi connectivity index (χ2n) is 5.64. The van der Waals surface area contributed by atoms with E-state index >= 15 is 0 Å². The van der Waals surface area contributed by atoms with Crippen LogP contribution < -0.4 is 5.32 Å². The van der Waals surface area contributed by atoms with Gasteiger partial charge in [-0.05, 0) is 13.8 Å². The lowest BCUT2D eigenvalue weighted by Crippen LogP contribution is -2.27. The van der Waals surface area contributed by atoms with Crippen molar-refractivity contribution in [3.63, 3.8) is 0 Å². The number of benzene rings is 1. The van der Waals surface area contributed by atoms with E-state index in [2.05, 4.69) is 29.4 Å². The summed E-state index contributed by atoms with van der Waals surface area (Å²) in [5.41, 5.74) is 0.644. The average Bonchev–Trinajstić information content (AvgIpc) is 3.02. The number of rotatable bonds is 8. The quantitative estimate of drug-likeness (QED) is 0.758. The highest BCUT2D eigenvalue weighted by Gasteiger charge is 2.10. The summed E-state index contributed by atoms with van der Waals surface area (Å²) < 4.78 is 1.98. The molecular weight excluding hydrogens is 292 g/mol. The molecule has 122 valence electrons. The first kappa shape index (κ1) is 16.9. The number of Topliss-reactive ketones (excluding diaryl/α,β-unsaturated/α-hetero) is 1. The van der Waals surface area contributed by atoms with E-state index in [1.807, 2.05) is 22.8 Å². The Hall–Kier alpha value is -2.50. The molecule has 0 aliphatic rings. The molecular formula is C17H22N4O2. The van der Waals surface area contributed by atoms with Crippen molar-refractivity contribution in [3.8, 4) is 0 Å². The fourth-order valence-electron chi connectivity index (χ4n) is 2.27. The molecule has 0 unspecified atom stereocenters. The monoisotopic (exact) mass is 314 g/mol. The Morgan fingerprint density at radius 1 is 1.17 bits per heavy atom. The molecule has 6 nitrogen and oxygen atoms in total. The van der Waals surface area contributed by atoms with Crippen LogP contribution in [0.4, 0.5) is 0 Å². The van der Waals surface area contributed by atoms with Gasteiger partial charge in [-0.1, -0.05) is 30.3 Å². The minimum Gasteiger partial charge on any atom is -0.356 e. The Balaban J connectivity index is 1.71. The van der Waals surface area contributed by atoms with Crippen molar-refractivity contribution < 1.29 is 9.59 Å². The van der Waals surface area contributed by atoms with Crippen LogP contribution >= 0.6 is 0 Å². The minimum absolute atomic E-state index is 0.0136. The Bertz CT molecular complexity index is 650. The Kier molecular flexibility index (Phi) is 6.02. The smallest absolute Gasteiger partial charge is 0.220 e. The van der Waals surface area contributed by atoms with Crippen LogP contribution in [-0.4, -0.2) is 33.0 Å². The van der Waals surface area contributed by atoms with E-state index in [-0.39, 0.29) is 24.5 Å². The Morgan fingerprint density at radius 2 is 1.91 bits per heavy atom. The molecule has 2 aromatic rings. The van der Waals surface area contributed by atoms with Gasteiger partial charge in [-0.25, -0.2) is 0 Å². The summed E-state index contributed by atoms with van der Waals surface area (Å²) in [4.78, 5) is 23.7. The van der Waals surface area contributed by atoms with Gasteiger partial charge in [0.2, 0.25) is 5.91 Å². The number of hydrogen-bond donors (Lipinski definition) is 1. The van der Waals surface area contributed by atoms with Gasteiger partial charge in [0.1, 0.15) is 12.2 Å². The van der Waals surface area contributed by atoms with E-state index in [9.17, 15) is 9.59 Å². The second-order valence-corrected chi connectivity index (χ2v) is 5.64. The summed E-state index contributed by atoms with van der Waals surface area (Å²) in [5, 5.41) is 10.8. The molecule has 0 fully saturated rings. The van der Waals surface area contributed by atoms with Crippen LogP contribution in [0.2, 0.25) is 0 Å². The second kappa shape index (κ2) is 8.22. The zero-order chi connectivity index (χ0) is 16.7. The van der Waals surface area contributed by atoms with Gasteiger partial charge < -0.3 is 9.88 Å². The highest BCUT2D eigenvalue weighted by molar-refractivity contribution is 5.97. The van der Waals surface area contributed by atoms with E-state index in [1.54, 1.807) is 18.5 Å². The molecule has 0 aliphatic carbocycles. The molecule has 0 saturated carbocycles. The summed E-state index contributed by atoms with van der Waals surface area (Å²) in [6.07, 6.45) is 2.74. The number of ketones is 1. The average molecular weight is 314 g/mol. The number of carbonyl (C=O) groups is 2. The largest absolute Gasteiger partial charge is 0.356 e. The van der Waals surface area contributed by atoms with Crippen molar-refractivity contribution in [2.45, 2.75) is 39.2 Å². The van der Waals surface area contributed by atoms with Crippen molar-refractivity contribution in [1.82, 2.24) is 20.1 Å². The summed E-state index contributed by atoms with van der Waals surface area (Å²) in [7, 11) is 0. The molecule has 2 rings (SSSR count). The molecule has 0 spiro atoms. The lowest BCUT2D eigenvalue weighted by atomic mass is 10.1. The lowest BCUT2D eigenvalue weighted by Gasteiger charge is -2.10. The van der Waals surface area contributed by atoms with E-state index in [1.165, 1.54) is 0 Å². The van der Waals surface area contributed by atoms with Gasteiger partial charge in [-0.15, -0.1) is 10.2 Å². The normalized spacial score (nSPS) is 10.7. The predicted octanol–water partition coefficient (Wildman–Crippen LogP) is 2.18. The van der Waals surface area contributed by atoms with E-state index in [0.29, 0.717) is 24.6 Å². The molecule has 0 bridgehead atoms. The molecule has 0 atom stereocenters. The molecule has 1 aromatic heterocycles. The van der Waals surface area contributed by atoms with Gasteiger partial charge in [-0.3, -0.25) is 9.59 Å². The molecule has 0 saturated heterocycles. The highest BCUT2D eigenvalue weighted by Crippen LogP contribution is 2.07. The number of carbonyl (C=O) groups excluding carboxylic acids is 2. The van der Waals surface area contributed by atoms with Gasteiger partial charge in [-0.2, -0.15) is 0 Å². The first-order chi connectivity index (χ1) is 11.1. The number of hydrogen-bond acceptors (Lipinski definition) is 4. The van der Waals surface area contributed by atoms with Crippen molar-refractivity contribution in [1.29, 1.82) is 0 Å². The van der Waals surface area contributed by atoms with Crippen LogP contribution in [0.15, 0.2) is 36.7 Å². The molecule has 0 radical (unpaired) electrons. The van der Waals surface area contributed by atoms with Gasteiger partial charge >= 0.3 is 0 Å². The van der Waals surface area contributed by atoms with Crippen molar-refractivity contribution in [2.24, 2.45) is 0 Å². The summed E-state index contributed by atoms with van der Waals surface area (Å²) in [5.74, 6) is 0.714. The summed E-state index contributed by atoms with van der Waals surface area (Å²) in [6.45, 7) is 4.60. The fourth-order valence-corrected chi connectivity index (χ4v) is 2.27. The Morgan fingerprint density at radius 3 is 2.61 bits per heavy atom. The van der Waals surface area contributed by atoms with Crippen molar-refractivity contribution >= 4 is 11.7 Å². The van der Waals surface area contributed by atoms with Crippen LogP contribution in [0.3, 0.4) is 0 Å². The van der Waals surface area contributed by atoms with Crippen molar-refractivity contribution in [3.05, 3.63) is 48.0 Å². The van der Waals surface area contributed by atoms with E-state index in [0.717, 1.165) is 5.82 Å². The first-order valence-corrected chi connectivity index (χ1v) is 7.81. The zero-order valence-electron chi connectivity index (χ0n) is 13.5. The van der Waals surface area contributed by atoms with Crippen LogP contribution in [0, 0.1) is 0 Å². The summed E-state index contributed by atoms with van der Waals surface area (Å²) >= 11 is 0. The van der Waals surface area contributed by atoms with Crippen molar-refractivity contribution in [2.75, 3.05) is 6.54 Å². The van der Waals surface area contributed by atoms with Crippen LogP contribution in [0.5, 0.6) is 0 Å². The number of amides is 1. The van der Waals surface area contributed by atoms with Crippen LogP contribution in [0.25, 0.3) is 0 Å². The number of nitrogens with one attached hydrogen (secondary N) is 1. The lowest BCUT2D eigenvalue weighted by molar-refractivity contribution is -0.121. The maximum absolute atomic E-state index is 11.9. The molecule has 1 N–H and O–H groups in total. The molecule has 23 heavy (non-hydrogen) atoms. The van der Waals surface area contributed by atoms with Gasteiger partial charge in [0.05, 0.1) is 0 Å². The molecule has 6 heteroatoms. The van der Waals surface area contributed by atoms with E-state index < -0.39 is 0 Å².